The molecule has 0 saturated carbocycles. The fourth-order valence-corrected chi connectivity index (χ4v) is 2.21. The number of fused-ring (bicyclic) bond motifs is 1. The lowest BCUT2D eigenvalue weighted by molar-refractivity contribution is 0.100. The normalized spacial score (nSPS) is 10.5. The summed E-state index contributed by atoms with van der Waals surface area (Å²) >= 11 is 7.18. The first kappa shape index (κ1) is 8.53. The van der Waals surface area contributed by atoms with E-state index in [-0.39, 0.29) is 0 Å². The summed E-state index contributed by atoms with van der Waals surface area (Å²) in [7, 11) is 0. The average molecular weight is 212 g/mol. The molecule has 0 spiro atoms. The van der Waals surface area contributed by atoms with Gasteiger partial charge in [0.05, 0.1) is 4.88 Å². The maximum atomic E-state index is 10.9. The Labute approximate surface area is 83.9 Å². The molecule has 1 aromatic heterocycles. The van der Waals surface area contributed by atoms with E-state index >= 15 is 0 Å². The number of nitrogens with two attached hydrogens (primary N) is 1. The third-order valence-corrected chi connectivity index (χ3v) is 3.09. The summed E-state index contributed by atoms with van der Waals surface area (Å²) in [5.41, 5.74) is 5.15. The summed E-state index contributed by atoms with van der Waals surface area (Å²) in [5, 5.41) is 1.63. The first-order valence-electron chi connectivity index (χ1n) is 3.66. The predicted octanol–water partition coefficient (Wildman–Crippen LogP) is 2.65. The first-order chi connectivity index (χ1) is 6.16. The Morgan fingerprint density at radius 2 is 2.15 bits per heavy atom. The van der Waals surface area contributed by atoms with Gasteiger partial charge in [0.25, 0.3) is 5.91 Å². The number of carbonyl (C=O) groups is 1. The number of carbonyl (C=O) groups excluding carboxylic acids is 1. The van der Waals surface area contributed by atoms with Crippen LogP contribution in [0.1, 0.15) is 9.67 Å². The zero-order chi connectivity index (χ0) is 9.42. The number of primary amides is 1. The van der Waals surface area contributed by atoms with Crippen molar-refractivity contribution in [3.63, 3.8) is 0 Å². The summed E-state index contributed by atoms with van der Waals surface area (Å²) in [6, 6.07) is 7.26. The van der Waals surface area contributed by atoms with Crippen LogP contribution in [-0.4, -0.2) is 5.91 Å². The molecule has 0 fully saturated rings. The Morgan fingerprint density at radius 3 is 2.85 bits per heavy atom. The Morgan fingerprint density at radius 1 is 1.38 bits per heavy atom. The molecule has 2 nitrogen and oxygen atoms in total. The fraction of sp³-hybridized carbons (Fsp3) is 0. The molecule has 0 radical (unpaired) electrons. The van der Waals surface area contributed by atoms with Gasteiger partial charge in [-0.25, -0.2) is 0 Å². The van der Waals surface area contributed by atoms with Crippen LogP contribution >= 0.6 is 22.9 Å². The Kier molecular flexibility index (Phi) is 1.98. The SMILES string of the molecule is NC(=O)c1cc2cc(Cl)ccc2s1. The second-order valence-corrected chi connectivity index (χ2v) is 4.18. The van der Waals surface area contributed by atoms with Gasteiger partial charge in [-0.05, 0) is 29.7 Å². The summed E-state index contributed by atoms with van der Waals surface area (Å²) in [5.74, 6) is -0.391. The molecule has 0 unspecified atom stereocenters. The number of amides is 1. The number of halogens is 1. The van der Waals surface area contributed by atoms with Crippen molar-refractivity contribution in [3.8, 4) is 0 Å². The standard InChI is InChI=1S/C9H6ClNOS/c10-6-1-2-7-5(3-6)4-8(13-7)9(11)12/h1-4H,(H2,11,12). The lowest BCUT2D eigenvalue weighted by atomic mass is 10.2. The van der Waals surface area contributed by atoms with E-state index in [1.165, 1.54) is 11.3 Å². The summed E-state index contributed by atoms with van der Waals surface area (Å²) < 4.78 is 1.03. The molecular weight excluding hydrogens is 206 g/mol. The quantitative estimate of drug-likeness (QED) is 0.774. The van der Waals surface area contributed by atoms with Crippen LogP contribution in [-0.2, 0) is 0 Å². The van der Waals surface area contributed by atoms with E-state index in [4.69, 9.17) is 17.3 Å². The van der Waals surface area contributed by atoms with Gasteiger partial charge >= 0.3 is 0 Å². The van der Waals surface area contributed by atoms with E-state index in [1.807, 2.05) is 12.1 Å². The topological polar surface area (TPSA) is 43.1 Å². The van der Waals surface area contributed by atoms with Gasteiger partial charge in [-0.15, -0.1) is 11.3 Å². The Hall–Kier alpha value is -1.06. The maximum Gasteiger partial charge on any atom is 0.258 e. The number of rotatable bonds is 1. The van der Waals surface area contributed by atoms with Gasteiger partial charge in [0.15, 0.2) is 0 Å². The Bertz CT molecular complexity index is 477. The highest BCUT2D eigenvalue weighted by molar-refractivity contribution is 7.20. The minimum absolute atomic E-state index is 0.391. The van der Waals surface area contributed by atoms with E-state index in [9.17, 15) is 4.79 Å². The second kappa shape index (κ2) is 3.01. The number of thiophene rings is 1. The van der Waals surface area contributed by atoms with Crippen molar-refractivity contribution in [1.29, 1.82) is 0 Å². The molecule has 0 bridgehead atoms. The molecular formula is C9H6ClNOS. The van der Waals surface area contributed by atoms with Crippen LogP contribution in [0.5, 0.6) is 0 Å². The van der Waals surface area contributed by atoms with E-state index in [1.54, 1.807) is 12.1 Å². The van der Waals surface area contributed by atoms with Gasteiger partial charge in [0, 0.05) is 9.72 Å². The molecule has 2 N–H and O–H groups in total. The number of hydrogen-bond acceptors (Lipinski definition) is 2. The van der Waals surface area contributed by atoms with Crippen LogP contribution in [0.4, 0.5) is 0 Å². The van der Waals surface area contributed by atoms with Gasteiger partial charge < -0.3 is 5.73 Å². The summed E-state index contributed by atoms with van der Waals surface area (Å²) in [6.07, 6.45) is 0. The molecule has 0 aliphatic heterocycles. The van der Waals surface area contributed by atoms with Gasteiger partial charge in [0.2, 0.25) is 0 Å². The van der Waals surface area contributed by atoms with Crippen molar-refractivity contribution in [1.82, 2.24) is 0 Å². The molecule has 0 saturated heterocycles. The van der Waals surface area contributed by atoms with Gasteiger partial charge in [-0.3, -0.25) is 4.79 Å². The van der Waals surface area contributed by atoms with Crippen molar-refractivity contribution in [2.24, 2.45) is 5.73 Å². The number of benzene rings is 1. The highest BCUT2D eigenvalue weighted by Crippen LogP contribution is 2.27. The molecule has 13 heavy (non-hydrogen) atoms. The third kappa shape index (κ3) is 1.53. The van der Waals surface area contributed by atoms with E-state index in [0.29, 0.717) is 9.90 Å². The fourth-order valence-electron chi connectivity index (χ4n) is 1.14. The largest absolute Gasteiger partial charge is 0.365 e. The molecule has 0 aliphatic rings. The van der Waals surface area contributed by atoms with Crippen LogP contribution in [0.25, 0.3) is 10.1 Å². The first-order valence-corrected chi connectivity index (χ1v) is 4.85. The molecule has 2 aromatic rings. The second-order valence-electron chi connectivity index (χ2n) is 2.66. The van der Waals surface area contributed by atoms with Crippen molar-refractivity contribution >= 4 is 38.9 Å². The maximum absolute atomic E-state index is 10.9. The smallest absolute Gasteiger partial charge is 0.258 e. The van der Waals surface area contributed by atoms with E-state index in [0.717, 1.165) is 10.1 Å². The molecule has 0 atom stereocenters. The van der Waals surface area contributed by atoms with Crippen LogP contribution in [0.15, 0.2) is 24.3 Å². The third-order valence-electron chi connectivity index (χ3n) is 1.72. The van der Waals surface area contributed by atoms with Crippen molar-refractivity contribution in [2.45, 2.75) is 0 Å². The van der Waals surface area contributed by atoms with Gasteiger partial charge in [-0.1, -0.05) is 11.6 Å². The molecule has 4 heteroatoms. The minimum atomic E-state index is -0.391. The average Bonchev–Trinajstić information content (AvgIpc) is 2.46. The lowest BCUT2D eigenvalue weighted by Crippen LogP contribution is -2.07. The molecule has 0 aliphatic carbocycles. The van der Waals surface area contributed by atoms with Crippen molar-refractivity contribution in [2.75, 3.05) is 0 Å². The molecule has 1 heterocycles. The van der Waals surface area contributed by atoms with Crippen LogP contribution < -0.4 is 5.73 Å². The minimum Gasteiger partial charge on any atom is -0.365 e. The zero-order valence-corrected chi connectivity index (χ0v) is 8.15. The predicted molar refractivity (Wildman–Crippen MR) is 55.4 cm³/mol. The Balaban J connectivity index is 2.68. The highest BCUT2D eigenvalue weighted by atomic mass is 35.5. The summed E-state index contributed by atoms with van der Waals surface area (Å²) in [4.78, 5) is 11.4. The van der Waals surface area contributed by atoms with E-state index < -0.39 is 5.91 Å². The highest BCUT2D eigenvalue weighted by Gasteiger charge is 2.05. The van der Waals surface area contributed by atoms with Gasteiger partial charge in [-0.2, -0.15) is 0 Å². The molecule has 2 rings (SSSR count). The van der Waals surface area contributed by atoms with Crippen LogP contribution in [0, 0.1) is 0 Å². The van der Waals surface area contributed by atoms with E-state index in [2.05, 4.69) is 0 Å². The lowest BCUT2D eigenvalue weighted by Gasteiger charge is -1.87. The number of hydrogen-bond donors (Lipinski definition) is 1. The van der Waals surface area contributed by atoms with Crippen molar-refractivity contribution < 1.29 is 4.79 Å². The van der Waals surface area contributed by atoms with Gasteiger partial charge in [0.1, 0.15) is 0 Å². The van der Waals surface area contributed by atoms with Crippen LogP contribution in [0.2, 0.25) is 5.02 Å². The van der Waals surface area contributed by atoms with Crippen LogP contribution in [0.3, 0.4) is 0 Å². The molecule has 1 amide bonds. The van der Waals surface area contributed by atoms with Crippen molar-refractivity contribution in [3.05, 3.63) is 34.2 Å². The zero-order valence-electron chi connectivity index (χ0n) is 6.58. The molecule has 66 valence electrons. The monoisotopic (exact) mass is 211 g/mol. The molecule has 1 aromatic carbocycles. The summed E-state index contributed by atoms with van der Waals surface area (Å²) in [6.45, 7) is 0.